The molecule has 0 saturated heterocycles. The molecule has 2 unspecified atom stereocenters. The number of hydrogen-bond donors (Lipinski definition) is 1. The van der Waals surface area contributed by atoms with Crippen LogP contribution in [0.15, 0.2) is 18.2 Å². The van der Waals surface area contributed by atoms with Crippen LogP contribution in [0.3, 0.4) is 0 Å². The van der Waals surface area contributed by atoms with Gasteiger partial charge in [0.05, 0.1) is 6.61 Å². The molecule has 0 fully saturated rings. The van der Waals surface area contributed by atoms with E-state index in [4.69, 9.17) is 0 Å². The number of aliphatic hydroxyl groups excluding tert-OH is 1. The number of carbonyl (C=O) groups excluding carboxylic acids is 1. The Kier molecular flexibility index (Phi) is 4.57. The third-order valence-electron chi connectivity index (χ3n) is 2.33. The van der Waals surface area contributed by atoms with Crippen LogP contribution in [0.1, 0.15) is 24.2 Å². The van der Waals surface area contributed by atoms with Gasteiger partial charge in [0.1, 0.15) is 11.9 Å². The summed E-state index contributed by atoms with van der Waals surface area (Å²) in [5, 5.41) is 9.56. The van der Waals surface area contributed by atoms with Gasteiger partial charge in [0, 0.05) is 0 Å². The first-order valence-corrected chi connectivity index (χ1v) is 5.22. The van der Waals surface area contributed by atoms with E-state index in [1.807, 2.05) is 0 Å². The van der Waals surface area contributed by atoms with Gasteiger partial charge in [-0.3, -0.25) is 0 Å². The van der Waals surface area contributed by atoms with Crippen molar-refractivity contribution in [3.05, 3.63) is 35.1 Å². The Morgan fingerprint density at radius 2 is 2.18 bits per heavy atom. The van der Waals surface area contributed by atoms with E-state index in [9.17, 15) is 18.7 Å². The number of ether oxygens (including phenoxy) is 1. The highest BCUT2D eigenvalue weighted by Gasteiger charge is 2.29. The number of aryl methyl sites for hydroxylation is 1. The Morgan fingerprint density at radius 1 is 1.53 bits per heavy atom. The second-order valence-corrected chi connectivity index (χ2v) is 3.61. The maximum Gasteiger partial charge on any atom is 0.343 e. The van der Waals surface area contributed by atoms with Crippen LogP contribution >= 0.6 is 0 Å². The van der Waals surface area contributed by atoms with Gasteiger partial charge in [-0.1, -0.05) is 12.1 Å². The summed E-state index contributed by atoms with van der Waals surface area (Å²) in [5.74, 6) is -1.71. The lowest BCUT2D eigenvalue weighted by Crippen LogP contribution is -2.26. The zero-order valence-electron chi connectivity index (χ0n) is 9.61. The van der Waals surface area contributed by atoms with Gasteiger partial charge in [-0.2, -0.15) is 0 Å². The number of benzene rings is 1. The molecular weight excluding hydrogens is 230 g/mol. The van der Waals surface area contributed by atoms with E-state index in [-0.39, 0.29) is 12.2 Å². The van der Waals surface area contributed by atoms with Gasteiger partial charge in [-0.05, 0) is 31.0 Å². The molecular formula is C12H14F2O3. The van der Waals surface area contributed by atoms with Crippen molar-refractivity contribution in [3.63, 3.8) is 0 Å². The van der Waals surface area contributed by atoms with Gasteiger partial charge < -0.3 is 9.84 Å². The van der Waals surface area contributed by atoms with Crippen molar-refractivity contribution in [1.82, 2.24) is 0 Å². The summed E-state index contributed by atoms with van der Waals surface area (Å²) in [6, 6.07) is 3.78. The molecule has 94 valence electrons. The summed E-state index contributed by atoms with van der Waals surface area (Å²) in [6.45, 7) is 3.10. The number of esters is 1. The molecule has 17 heavy (non-hydrogen) atoms. The van der Waals surface area contributed by atoms with Crippen molar-refractivity contribution in [2.24, 2.45) is 0 Å². The van der Waals surface area contributed by atoms with Crippen molar-refractivity contribution in [3.8, 4) is 0 Å². The van der Waals surface area contributed by atoms with Crippen molar-refractivity contribution in [2.45, 2.75) is 26.1 Å². The molecule has 2 atom stereocenters. The second-order valence-electron chi connectivity index (χ2n) is 3.61. The number of alkyl halides is 1. The van der Waals surface area contributed by atoms with Crippen molar-refractivity contribution >= 4 is 5.97 Å². The van der Waals surface area contributed by atoms with Crippen LogP contribution in [0.4, 0.5) is 8.78 Å². The molecule has 0 bridgehead atoms. The van der Waals surface area contributed by atoms with Gasteiger partial charge in [0.15, 0.2) is 0 Å². The lowest BCUT2D eigenvalue weighted by Gasteiger charge is -2.15. The van der Waals surface area contributed by atoms with Crippen LogP contribution in [0.25, 0.3) is 0 Å². The van der Waals surface area contributed by atoms with Crippen LogP contribution in [-0.4, -0.2) is 23.9 Å². The van der Waals surface area contributed by atoms with Crippen LogP contribution in [0, 0.1) is 12.7 Å². The lowest BCUT2D eigenvalue weighted by molar-refractivity contribution is -0.153. The fourth-order valence-electron chi connectivity index (χ4n) is 1.31. The summed E-state index contributed by atoms with van der Waals surface area (Å²) in [5.41, 5.74) is 0.390. The number of rotatable bonds is 4. The molecule has 0 spiro atoms. The molecule has 0 radical (unpaired) electrons. The Labute approximate surface area is 98.0 Å². The molecule has 0 aliphatic carbocycles. The van der Waals surface area contributed by atoms with Gasteiger partial charge in [-0.25, -0.2) is 13.6 Å². The summed E-state index contributed by atoms with van der Waals surface area (Å²) >= 11 is 0. The van der Waals surface area contributed by atoms with Crippen molar-refractivity contribution in [2.75, 3.05) is 6.61 Å². The summed E-state index contributed by atoms with van der Waals surface area (Å²) in [7, 11) is 0. The monoisotopic (exact) mass is 244 g/mol. The normalized spacial score (nSPS) is 14.2. The fourth-order valence-corrected chi connectivity index (χ4v) is 1.31. The third-order valence-corrected chi connectivity index (χ3v) is 2.33. The average Bonchev–Trinajstić information content (AvgIpc) is 2.31. The van der Waals surface area contributed by atoms with Crippen molar-refractivity contribution in [1.29, 1.82) is 0 Å². The zero-order valence-corrected chi connectivity index (χ0v) is 9.61. The van der Waals surface area contributed by atoms with E-state index in [1.165, 1.54) is 19.1 Å². The number of halogens is 2. The SMILES string of the molecule is CCOC(=O)C(F)C(O)c1ccc(C)c(F)c1. The maximum atomic E-state index is 13.4. The summed E-state index contributed by atoms with van der Waals surface area (Å²) in [6.07, 6.45) is -3.93. The molecule has 3 nitrogen and oxygen atoms in total. The molecule has 0 heterocycles. The minimum absolute atomic E-state index is 0.00801. The van der Waals surface area contributed by atoms with E-state index >= 15 is 0 Å². The predicted molar refractivity (Wildman–Crippen MR) is 57.6 cm³/mol. The molecule has 0 aliphatic heterocycles. The number of aliphatic hydroxyl groups is 1. The quantitative estimate of drug-likeness (QED) is 0.825. The van der Waals surface area contributed by atoms with E-state index in [0.29, 0.717) is 5.56 Å². The van der Waals surface area contributed by atoms with Crippen molar-refractivity contribution < 1.29 is 23.4 Å². The maximum absolute atomic E-state index is 13.4. The van der Waals surface area contributed by atoms with E-state index in [0.717, 1.165) is 6.07 Å². The second kappa shape index (κ2) is 5.72. The highest BCUT2D eigenvalue weighted by atomic mass is 19.1. The number of hydrogen-bond acceptors (Lipinski definition) is 3. The minimum atomic E-state index is -2.21. The molecule has 0 aromatic heterocycles. The molecule has 1 rings (SSSR count). The van der Waals surface area contributed by atoms with E-state index in [2.05, 4.69) is 4.74 Å². The fraction of sp³-hybridized carbons (Fsp3) is 0.417. The van der Waals surface area contributed by atoms with E-state index in [1.54, 1.807) is 6.92 Å². The predicted octanol–water partition coefficient (Wildman–Crippen LogP) is 2.07. The molecule has 0 amide bonds. The van der Waals surface area contributed by atoms with Crippen LogP contribution in [0.2, 0.25) is 0 Å². The lowest BCUT2D eigenvalue weighted by atomic mass is 10.0. The highest BCUT2D eigenvalue weighted by molar-refractivity contribution is 5.75. The summed E-state index contributed by atoms with van der Waals surface area (Å²) < 4.78 is 31.1. The zero-order chi connectivity index (χ0) is 13.0. The first-order chi connectivity index (χ1) is 7.97. The molecule has 5 heteroatoms. The van der Waals surface area contributed by atoms with Gasteiger partial charge in [0.25, 0.3) is 0 Å². The number of carbonyl (C=O) groups is 1. The molecule has 0 aliphatic rings. The van der Waals surface area contributed by atoms with Crippen LogP contribution in [-0.2, 0) is 9.53 Å². The molecule has 1 N–H and O–H groups in total. The smallest absolute Gasteiger partial charge is 0.343 e. The van der Waals surface area contributed by atoms with Gasteiger partial charge >= 0.3 is 5.97 Å². The molecule has 0 saturated carbocycles. The third kappa shape index (κ3) is 3.23. The Bertz CT molecular complexity index is 407. The van der Waals surface area contributed by atoms with Crippen LogP contribution in [0.5, 0.6) is 0 Å². The minimum Gasteiger partial charge on any atom is -0.464 e. The van der Waals surface area contributed by atoms with Gasteiger partial charge in [0.2, 0.25) is 6.17 Å². The standard InChI is InChI=1S/C12H14F2O3/c1-3-17-12(16)10(14)11(15)8-5-4-7(2)9(13)6-8/h4-6,10-11,15H,3H2,1-2H3. The Morgan fingerprint density at radius 3 is 2.71 bits per heavy atom. The van der Waals surface area contributed by atoms with Crippen LogP contribution < -0.4 is 0 Å². The first-order valence-electron chi connectivity index (χ1n) is 5.22. The Hall–Kier alpha value is -1.49. The van der Waals surface area contributed by atoms with E-state index < -0.39 is 24.1 Å². The van der Waals surface area contributed by atoms with Gasteiger partial charge in [-0.15, -0.1) is 0 Å². The largest absolute Gasteiger partial charge is 0.464 e. The highest BCUT2D eigenvalue weighted by Crippen LogP contribution is 2.22. The Balaban J connectivity index is 2.84. The first kappa shape index (κ1) is 13.6. The summed E-state index contributed by atoms with van der Waals surface area (Å²) in [4.78, 5) is 11.1. The molecule has 1 aromatic rings. The average molecular weight is 244 g/mol. The topological polar surface area (TPSA) is 46.5 Å². The molecule has 1 aromatic carbocycles.